The van der Waals surface area contributed by atoms with Crippen LogP contribution in [0.1, 0.15) is 29.6 Å². The summed E-state index contributed by atoms with van der Waals surface area (Å²) >= 11 is 1.32. The van der Waals surface area contributed by atoms with Crippen LogP contribution in [0.4, 0.5) is 0 Å². The fraction of sp³-hybridized carbons (Fsp3) is 0.412. The molecule has 2 fully saturated rings. The average molecular weight is 345 g/mol. The van der Waals surface area contributed by atoms with Gasteiger partial charge in [-0.25, -0.2) is 4.98 Å². The highest BCUT2D eigenvalue weighted by molar-refractivity contribution is 7.15. The van der Waals surface area contributed by atoms with Crippen LogP contribution in [-0.4, -0.2) is 36.1 Å². The largest absolute Gasteiger partial charge is 0.486 e. The van der Waals surface area contributed by atoms with Crippen LogP contribution >= 0.6 is 11.3 Å². The molecule has 2 saturated heterocycles. The molecule has 24 heavy (non-hydrogen) atoms. The van der Waals surface area contributed by atoms with Crippen LogP contribution in [0.5, 0.6) is 16.0 Å². The highest BCUT2D eigenvalue weighted by atomic mass is 32.1. The van der Waals surface area contributed by atoms with Crippen molar-refractivity contribution in [3.8, 4) is 16.0 Å². The van der Waals surface area contributed by atoms with Crippen molar-refractivity contribution in [3.63, 3.8) is 0 Å². The van der Waals surface area contributed by atoms with Crippen molar-refractivity contribution in [2.24, 2.45) is 0 Å². The molecular weight excluding hydrogens is 326 g/mol. The molecule has 0 aliphatic carbocycles. The molecule has 6 nitrogen and oxygen atoms in total. The number of amides is 1. The van der Waals surface area contributed by atoms with Gasteiger partial charge >= 0.3 is 0 Å². The predicted molar refractivity (Wildman–Crippen MR) is 91.0 cm³/mol. The third kappa shape index (κ3) is 3.09. The first-order valence-electron chi connectivity index (χ1n) is 8.06. The highest BCUT2D eigenvalue weighted by Crippen LogP contribution is 2.31. The van der Waals surface area contributed by atoms with Crippen molar-refractivity contribution >= 4 is 17.2 Å². The molecule has 1 amide bonds. The Balaban J connectivity index is 1.37. The number of carbonyl (C=O) groups excluding carboxylic acids is 1. The average Bonchev–Trinajstić information content (AvgIpc) is 3.32. The topological polar surface area (TPSA) is 72.5 Å². The van der Waals surface area contributed by atoms with Crippen molar-refractivity contribution in [1.29, 1.82) is 0 Å². The molecule has 7 heteroatoms. The number of rotatable bonds is 5. The number of aromatic nitrogens is 1. The van der Waals surface area contributed by atoms with Crippen molar-refractivity contribution in [1.82, 2.24) is 15.6 Å². The van der Waals surface area contributed by atoms with Crippen LogP contribution in [0.3, 0.4) is 0 Å². The molecule has 2 N–H and O–H groups in total. The zero-order valence-corrected chi connectivity index (χ0v) is 14.1. The van der Waals surface area contributed by atoms with E-state index in [1.54, 1.807) is 37.6 Å². The quantitative estimate of drug-likeness (QED) is 0.871. The van der Waals surface area contributed by atoms with Gasteiger partial charge in [-0.15, -0.1) is 0 Å². The molecule has 1 aromatic carbocycles. The number of hydrogen-bond acceptors (Lipinski definition) is 6. The monoisotopic (exact) mass is 345 g/mol. The van der Waals surface area contributed by atoms with Crippen molar-refractivity contribution in [3.05, 3.63) is 36.0 Å². The number of hydrogen-bond donors (Lipinski definition) is 2. The Morgan fingerprint density at radius 1 is 1.33 bits per heavy atom. The molecule has 2 bridgehead atoms. The van der Waals surface area contributed by atoms with Crippen LogP contribution in [0.25, 0.3) is 0 Å². The first-order valence-corrected chi connectivity index (χ1v) is 8.87. The first-order chi connectivity index (χ1) is 11.7. The summed E-state index contributed by atoms with van der Waals surface area (Å²) in [6, 6.07) is 8.36. The molecule has 0 radical (unpaired) electrons. The van der Waals surface area contributed by atoms with Crippen LogP contribution in [0.2, 0.25) is 0 Å². The highest BCUT2D eigenvalue weighted by Gasteiger charge is 2.39. The summed E-state index contributed by atoms with van der Waals surface area (Å²) in [4.78, 5) is 16.5. The maximum atomic E-state index is 12.4. The summed E-state index contributed by atoms with van der Waals surface area (Å²) in [5.41, 5.74) is 0.641. The lowest BCUT2D eigenvalue weighted by molar-refractivity contribution is 0.0931. The van der Waals surface area contributed by atoms with Gasteiger partial charge in [0.05, 0.1) is 13.3 Å². The van der Waals surface area contributed by atoms with Gasteiger partial charge in [-0.3, -0.25) is 4.79 Å². The number of methoxy groups -OCH3 is 1. The van der Waals surface area contributed by atoms with Crippen LogP contribution in [-0.2, 0) is 0 Å². The zero-order valence-electron chi connectivity index (χ0n) is 13.3. The van der Waals surface area contributed by atoms with Gasteiger partial charge in [-0.2, -0.15) is 0 Å². The van der Waals surface area contributed by atoms with Crippen LogP contribution < -0.4 is 20.1 Å². The first kappa shape index (κ1) is 15.4. The van der Waals surface area contributed by atoms with Crippen molar-refractivity contribution in [2.45, 2.75) is 37.4 Å². The Morgan fingerprint density at radius 2 is 2.17 bits per heavy atom. The Hall–Kier alpha value is -2.12. The molecule has 0 saturated carbocycles. The molecule has 3 heterocycles. The molecule has 0 spiro atoms. The molecule has 126 valence electrons. The molecule has 2 aromatic rings. The Kier molecular flexibility index (Phi) is 4.12. The van der Waals surface area contributed by atoms with Gasteiger partial charge in [0.2, 0.25) is 0 Å². The van der Waals surface area contributed by atoms with Gasteiger partial charge in [0.25, 0.3) is 11.1 Å². The van der Waals surface area contributed by atoms with Gasteiger partial charge in [0.1, 0.15) is 5.75 Å². The van der Waals surface area contributed by atoms with Crippen molar-refractivity contribution in [2.75, 3.05) is 7.11 Å². The Morgan fingerprint density at radius 3 is 2.79 bits per heavy atom. The molecule has 3 atom stereocenters. The molecule has 2 aliphatic rings. The van der Waals surface area contributed by atoms with Gasteiger partial charge in [-0.1, -0.05) is 0 Å². The second-order valence-electron chi connectivity index (χ2n) is 6.14. The van der Waals surface area contributed by atoms with E-state index in [1.807, 2.05) is 0 Å². The smallest absolute Gasteiger partial charge is 0.282 e. The summed E-state index contributed by atoms with van der Waals surface area (Å²) < 4.78 is 10.7. The minimum atomic E-state index is -0.0307. The standard InChI is InChI=1S/C17H19N3O3S/c1-22-15-9-18-17(24-15)23-12-5-2-10(3-6-12)16(21)20-14-8-11-4-7-13(14)19-11/h2-3,5-6,9,11,13-14,19H,4,7-8H2,1H3,(H,20,21). The zero-order chi connectivity index (χ0) is 16.5. The van der Waals surface area contributed by atoms with E-state index >= 15 is 0 Å². The molecule has 1 aromatic heterocycles. The van der Waals surface area contributed by atoms with Gasteiger partial charge in [0.15, 0.2) is 5.06 Å². The lowest BCUT2D eigenvalue weighted by Gasteiger charge is -2.21. The van der Waals surface area contributed by atoms with Crippen molar-refractivity contribution < 1.29 is 14.3 Å². The third-order valence-electron chi connectivity index (χ3n) is 4.60. The summed E-state index contributed by atoms with van der Waals surface area (Å²) in [5.74, 6) is 0.613. The lowest BCUT2D eigenvalue weighted by Crippen LogP contribution is -2.42. The van der Waals surface area contributed by atoms with Gasteiger partial charge in [-0.05, 0) is 54.9 Å². The summed E-state index contributed by atoms with van der Waals surface area (Å²) in [6.45, 7) is 0. The second kappa shape index (κ2) is 6.41. The van der Waals surface area contributed by atoms with E-state index in [0.29, 0.717) is 33.7 Å². The van der Waals surface area contributed by atoms with E-state index in [2.05, 4.69) is 15.6 Å². The Bertz CT molecular complexity index is 731. The number of benzene rings is 1. The number of ether oxygens (including phenoxy) is 2. The minimum absolute atomic E-state index is 0.0307. The Labute approximate surface area is 144 Å². The summed E-state index contributed by atoms with van der Waals surface area (Å²) in [6.07, 6.45) is 5.03. The summed E-state index contributed by atoms with van der Waals surface area (Å²) in [7, 11) is 1.59. The van der Waals surface area contributed by atoms with Gasteiger partial charge in [0, 0.05) is 23.7 Å². The number of nitrogens with one attached hydrogen (secondary N) is 2. The minimum Gasteiger partial charge on any atom is -0.486 e. The van der Waals surface area contributed by atoms with Crippen LogP contribution in [0.15, 0.2) is 30.5 Å². The third-order valence-corrected chi connectivity index (χ3v) is 5.44. The number of nitrogens with zero attached hydrogens (tertiary/aromatic N) is 1. The number of thiazole rings is 1. The van der Waals surface area contributed by atoms with E-state index in [9.17, 15) is 4.79 Å². The maximum Gasteiger partial charge on any atom is 0.282 e. The fourth-order valence-corrected chi connectivity index (χ4v) is 4.00. The van der Waals surface area contributed by atoms with E-state index in [4.69, 9.17) is 9.47 Å². The molecule has 3 unspecified atom stereocenters. The molecular formula is C17H19N3O3S. The number of carbonyl (C=O) groups is 1. The number of fused-ring (bicyclic) bond motifs is 2. The molecule has 2 aliphatic heterocycles. The van der Waals surface area contributed by atoms with E-state index in [-0.39, 0.29) is 11.9 Å². The second-order valence-corrected chi connectivity index (χ2v) is 7.09. The van der Waals surface area contributed by atoms with E-state index < -0.39 is 0 Å². The van der Waals surface area contributed by atoms with E-state index in [1.165, 1.54) is 17.8 Å². The summed E-state index contributed by atoms with van der Waals surface area (Å²) in [5, 5.41) is 7.87. The molecule has 4 rings (SSSR count). The van der Waals surface area contributed by atoms with Gasteiger partial charge < -0.3 is 20.1 Å². The predicted octanol–water partition coefficient (Wildman–Crippen LogP) is 2.57. The normalized spacial score (nSPS) is 24.8. The maximum absolute atomic E-state index is 12.4. The van der Waals surface area contributed by atoms with E-state index in [0.717, 1.165) is 12.8 Å². The lowest BCUT2D eigenvalue weighted by atomic mass is 9.95. The fourth-order valence-electron chi connectivity index (χ4n) is 3.40. The SMILES string of the molecule is COc1cnc(Oc2ccc(C(=O)NC3CC4CCC3N4)cc2)s1. The van der Waals surface area contributed by atoms with Crippen LogP contribution in [0, 0.1) is 0 Å².